The average Bonchev–Trinajstić information content (AvgIpc) is 2.91. The molecule has 0 aliphatic carbocycles. The van der Waals surface area contributed by atoms with E-state index in [1.807, 2.05) is 12.1 Å². The lowest BCUT2D eigenvalue weighted by Gasteiger charge is -2.05. The molecule has 0 fully saturated rings. The number of hydrogen-bond acceptors (Lipinski definition) is 5. The Hall–Kier alpha value is -1.92. The van der Waals surface area contributed by atoms with Crippen molar-refractivity contribution in [3.05, 3.63) is 52.0 Å². The van der Waals surface area contributed by atoms with Gasteiger partial charge in [0.25, 0.3) is 0 Å². The van der Waals surface area contributed by atoms with Crippen molar-refractivity contribution >= 4 is 17.2 Å². The van der Waals surface area contributed by atoms with E-state index in [0.717, 1.165) is 12.1 Å². The number of rotatable bonds is 5. The van der Waals surface area contributed by atoms with E-state index in [4.69, 9.17) is 10.9 Å². The van der Waals surface area contributed by atoms with Gasteiger partial charge in [0.15, 0.2) is 5.84 Å². The van der Waals surface area contributed by atoms with Crippen molar-refractivity contribution in [3.63, 3.8) is 0 Å². The van der Waals surface area contributed by atoms with Crippen molar-refractivity contribution in [2.45, 2.75) is 13.1 Å². The largest absolute Gasteiger partial charge is 0.409 e. The standard InChI is InChI=1S/C12H14N4OS/c13-12(16-17)11-6-9(3-4-15-11)7-14-8-10-2-1-5-18-10/h1-6,14,17H,7-8H2,(H2,13,16). The van der Waals surface area contributed by atoms with Gasteiger partial charge in [-0.05, 0) is 29.1 Å². The van der Waals surface area contributed by atoms with Gasteiger partial charge in [0.05, 0.1) is 0 Å². The lowest BCUT2D eigenvalue weighted by atomic mass is 10.2. The second-order valence-corrected chi connectivity index (χ2v) is 4.75. The zero-order valence-electron chi connectivity index (χ0n) is 9.71. The molecule has 2 heterocycles. The summed E-state index contributed by atoms with van der Waals surface area (Å²) in [4.78, 5) is 5.32. The molecule has 0 aromatic carbocycles. The van der Waals surface area contributed by atoms with E-state index in [1.165, 1.54) is 4.88 Å². The average molecular weight is 262 g/mol. The van der Waals surface area contributed by atoms with Gasteiger partial charge in [-0.15, -0.1) is 11.3 Å². The predicted octanol–water partition coefficient (Wildman–Crippen LogP) is 1.53. The van der Waals surface area contributed by atoms with Crippen LogP contribution in [0.5, 0.6) is 0 Å². The summed E-state index contributed by atoms with van der Waals surface area (Å²) in [5.41, 5.74) is 7.01. The molecule has 0 amide bonds. The summed E-state index contributed by atoms with van der Waals surface area (Å²) in [6, 6.07) is 7.82. The van der Waals surface area contributed by atoms with Crippen molar-refractivity contribution in [1.82, 2.24) is 10.3 Å². The lowest BCUT2D eigenvalue weighted by Crippen LogP contribution is -2.17. The zero-order chi connectivity index (χ0) is 12.8. The summed E-state index contributed by atoms with van der Waals surface area (Å²) >= 11 is 1.72. The van der Waals surface area contributed by atoms with E-state index in [9.17, 15) is 0 Å². The smallest absolute Gasteiger partial charge is 0.188 e. The molecule has 2 aromatic heterocycles. The molecular formula is C12H14N4OS. The molecule has 2 aromatic rings. The van der Waals surface area contributed by atoms with E-state index in [-0.39, 0.29) is 5.84 Å². The fourth-order valence-corrected chi connectivity index (χ4v) is 2.19. The highest BCUT2D eigenvalue weighted by Gasteiger charge is 2.02. The number of nitrogens with two attached hydrogens (primary N) is 1. The fourth-order valence-electron chi connectivity index (χ4n) is 1.52. The highest BCUT2D eigenvalue weighted by molar-refractivity contribution is 7.09. The Kier molecular flexibility index (Phi) is 4.27. The highest BCUT2D eigenvalue weighted by atomic mass is 32.1. The van der Waals surface area contributed by atoms with Gasteiger partial charge in [-0.2, -0.15) is 0 Å². The second-order valence-electron chi connectivity index (χ2n) is 3.72. The summed E-state index contributed by atoms with van der Waals surface area (Å²) in [6.07, 6.45) is 1.65. The number of thiophene rings is 1. The number of hydrogen-bond donors (Lipinski definition) is 3. The van der Waals surface area contributed by atoms with Gasteiger partial charge in [-0.3, -0.25) is 4.98 Å². The molecule has 2 rings (SSSR count). The van der Waals surface area contributed by atoms with Gasteiger partial charge in [-0.1, -0.05) is 11.2 Å². The molecule has 4 N–H and O–H groups in total. The molecule has 5 nitrogen and oxygen atoms in total. The number of aromatic nitrogens is 1. The Labute approximate surface area is 109 Å². The molecule has 94 valence electrons. The van der Waals surface area contributed by atoms with Gasteiger partial charge in [0.1, 0.15) is 5.69 Å². The van der Waals surface area contributed by atoms with Gasteiger partial charge in [0, 0.05) is 24.2 Å². The van der Waals surface area contributed by atoms with E-state index >= 15 is 0 Å². The fraction of sp³-hybridized carbons (Fsp3) is 0.167. The van der Waals surface area contributed by atoms with Crippen LogP contribution in [-0.4, -0.2) is 16.0 Å². The molecule has 0 radical (unpaired) electrons. The van der Waals surface area contributed by atoms with Crippen LogP contribution in [0, 0.1) is 0 Å². The van der Waals surface area contributed by atoms with Crippen LogP contribution in [0.3, 0.4) is 0 Å². The van der Waals surface area contributed by atoms with Crippen molar-refractivity contribution in [3.8, 4) is 0 Å². The molecular weight excluding hydrogens is 248 g/mol. The van der Waals surface area contributed by atoms with Crippen molar-refractivity contribution in [1.29, 1.82) is 0 Å². The number of amidine groups is 1. The van der Waals surface area contributed by atoms with Crippen LogP contribution in [0.1, 0.15) is 16.1 Å². The normalized spacial score (nSPS) is 11.7. The van der Waals surface area contributed by atoms with Crippen LogP contribution >= 0.6 is 11.3 Å². The van der Waals surface area contributed by atoms with Crippen LogP contribution in [-0.2, 0) is 13.1 Å². The number of nitrogens with one attached hydrogen (secondary N) is 1. The van der Waals surface area contributed by atoms with E-state index in [2.05, 4.69) is 26.9 Å². The molecule has 18 heavy (non-hydrogen) atoms. The Morgan fingerprint density at radius 1 is 1.44 bits per heavy atom. The summed E-state index contributed by atoms with van der Waals surface area (Å²) in [5.74, 6) is 0.0232. The monoisotopic (exact) mass is 262 g/mol. The van der Waals surface area contributed by atoms with Crippen LogP contribution in [0.25, 0.3) is 0 Å². The van der Waals surface area contributed by atoms with Crippen LogP contribution in [0.2, 0.25) is 0 Å². The van der Waals surface area contributed by atoms with E-state index < -0.39 is 0 Å². The minimum Gasteiger partial charge on any atom is -0.409 e. The predicted molar refractivity (Wildman–Crippen MR) is 71.6 cm³/mol. The third-order valence-corrected chi connectivity index (χ3v) is 3.28. The van der Waals surface area contributed by atoms with Gasteiger partial charge >= 0.3 is 0 Å². The number of nitrogens with zero attached hydrogens (tertiary/aromatic N) is 2. The van der Waals surface area contributed by atoms with Crippen molar-refractivity contribution in [2.75, 3.05) is 0 Å². The van der Waals surface area contributed by atoms with E-state index in [1.54, 1.807) is 23.6 Å². The third kappa shape index (κ3) is 3.28. The first-order valence-corrected chi connectivity index (χ1v) is 6.33. The van der Waals surface area contributed by atoms with Crippen LogP contribution < -0.4 is 11.1 Å². The molecule has 0 saturated carbocycles. The van der Waals surface area contributed by atoms with Crippen LogP contribution in [0.4, 0.5) is 0 Å². The minimum atomic E-state index is 0.0232. The molecule has 0 atom stereocenters. The third-order valence-electron chi connectivity index (χ3n) is 2.40. The minimum absolute atomic E-state index is 0.0232. The number of oxime groups is 1. The number of pyridine rings is 1. The topological polar surface area (TPSA) is 83.5 Å². The summed E-state index contributed by atoms with van der Waals surface area (Å²) < 4.78 is 0. The maximum atomic E-state index is 8.59. The van der Waals surface area contributed by atoms with Crippen molar-refractivity contribution < 1.29 is 5.21 Å². The van der Waals surface area contributed by atoms with Crippen molar-refractivity contribution in [2.24, 2.45) is 10.9 Å². The van der Waals surface area contributed by atoms with Gasteiger partial charge in [-0.25, -0.2) is 0 Å². The molecule has 0 unspecified atom stereocenters. The van der Waals surface area contributed by atoms with Gasteiger partial charge in [0.2, 0.25) is 0 Å². The zero-order valence-corrected chi connectivity index (χ0v) is 10.5. The summed E-state index contributed by atoms with van der Waals surface area (Å²) in [6.45, 7) is 1.55. The maximum absolute atomic E-state index is 8.59. The molecule has 0 bridgehead atoms. The Morgan fingerprint density at radius 2 is 2.33 bits per heavy atom. The molecule has 0 spiro atoms. The highest BCUT2D eigenvalue weighted by Crippen LogP contribution is 2.08. The molecule has 0 aliphatic rings. The molecule has 0 saturated heterocycles. The van der Waals surface area contributed by atoms with Gasteiger partial charge < -0.3 is 16.3 Å². The summed E-state index contributed by atoms with van der Waals surface area (Å²) in [5, 5.41) is 16.9. The lowest BCUT2D eigenvalue weighted by molar-refractivity contribution is 0.318. The SMILES string of the molecule is NC(=NO)c1cc(CNCc2cccs2)ccn1. The summed E-state index contributed by atoms with van der Waals surface area (Å²) in [7, 11) is 0. The molecule has 0 aliphatic heterocycles. The molecule has 6 heteroatoms. The second kappa shape index (κ2) is 6.13. The first-order chi connectivity index (χ1) is 8.79. The Bertz CT molecular complexity index is 525. The van der Waals surface area contributed by atoms with Crippen LogP contribution in [0.15, 0.2) is 41.0 Å². The maximum Gasteiger partial charge on any atom is 0.188 e. The Balaban J connectivity index is 1.93. The Morgan fingerprint density at radius 3 is 3.06 bits per heavy atom. The first-order valence-electron chi connectivity index (χ1n) is 5.45. The first kappa shape index (κ1) is 12.5. The quantitative estimate of drug-likeness (QED) is 0.330. The van der Waals surface area contributed by atoms with E-state index in [0.29, 0.717) is 12.2 Å².